The standard InChI is InChI=1S/C9H7F2IO4/c10-9(11,8(14)15)16-4-5-3-6(12)1-2-7(5)13/h1-3,13H,4H2,(H,14,15)/p-1. The van der Waals surface area contributed by atoms with E-state index in [2.05, 4.69) is 4.74 Å². The van der Waals surface area contributed by atoms with Crippen LogP contribution in [0.25, 0.3) is 0 Å². The molecule has 7 heteroatoms. The van der Waals surface area contributed by atoms with E-state index in [0.717, 1.165) is 0 Å². The Bertz CT molecular complexity index is 408. The molecule has 16 heavy (non-hydrogen) atoms. The summed E-state index contributed by atoms with van der Waals surface area (Å²) in [6.45, 7) is -0.719. The lowest BCUT2D eigenvalue weighted by molar-refractivity contribution is -0.364. The number of carboxylic acids is 1. The van der Waals surface area contributed by atoms with Crippen LogP contribution in [0.3, 0.4) is 0 Å². The first-order chi connectivity index (χ1) is 7.33. The van der Waals surface area contributed by atoms with Crippen molar-refractivity contribution < 1.29 is 28.5 Å². The Morgan fingerprint density at radius 1 is 1.56 bits per heavy atom. The van der Waals surface area contributed by atoms with Crippen molar-refractivity contribution >= 4 is 28.6 Å². The number of phenols is 1. The summed E-state index contributed by atoms with van der Waals surface area (Å²) in [7, 11) is 0. The predicted molar refractivity (Wildman–Crippen MR) is 55.6 cm³/mol. The van der Waals surface area contributed by atoms with Crippen molar-refractivity contribution in [2.24, 2.45) is 0 Å². The minimum absolute atomic E-state index is 0.0767. The number of benzene rings is 1. The molecule has 0 aliphatic rings. The summed E-state index contributed by atoms with van der Waals surface area (Å²) in [6.07, 6.45) is -4.37. The summed E-state index contributed by atoms with van der Waals surface area (Å²) in [6, 6.07) is 4.27. The third-order valence-corrected chi connectivity index (χ3v) is 2.36. The van der Waals surface area contributed by atoms with Crippen LogP contribution in [-0.2, 0) is 16.1 Å². The highest BCUT2D eigenvalue weighted by atomic mass is 127. The largest absolute Gasteiger partial charge is 0.542 e. The van der Waals surface area contributed by atoms with E-state index in [4.69, 9.17) is 0 Å². The SMILES string of the molecule is O=C([O-])C(F)(F)OCc1cc(I)ccc1O. The third-order valence-electron chi connectivity index (χ3n) is 1.69. The molecule has 0 atom stereocenters. The van der Waals surface area contributed by atoms with Crippen molar-refractivity contribution in [3.63, 3.8) is 0 Å². The molecule has 0 aliphatic heterocycles. The van der Waals surface area contributed by atoms with Crippen molar-refractivity contribution in [2.45, 2.75) is 12.7 Å². The van der Waals surface area contributed by atoms with Crippen LogP contribution in [0.1, 0.15) is 5.56 Å². The molecule has 1 N–H and O–H groups in total. The molecule has 0 fully saturated rings. The molecule has 1 aromatic rings. The zero-order valence-corrected chi connectivity index (χ0v) is 9.90. The molecule has 0 saturated carbocycles. The molecule has 0 heterocycles. The number of carbonyl (C=O) groups is 1. The zero-order valence-electron chi connectivity index (χ0n) is 7.75. The number of ether oxygens (including phenoxy) is 1. The Balaban J connectivity index is 2.75. The van der Waals surface area contributed by atoms with E-state index < -0.39 is 18.7 Å². The molecule has 0 aromatic heterocycles. The summed E-state index contributed by atoms with van der Waals surface area (Å²) in [5.74, 6) is -2.85. The van der Waals surface area contributed by atoms with E-state index in [-0.39, 0.29) is 11.3 Å². The summed E-state index contributed by atoms with van der Waals surface area (Å²) in [5, 5.41) is 19.2. The Kier molecular flexibility index (Phi) is 4.03. The third kappa shape index (κ3) is 3.27. The number of aliphatic carboxylic acids is 1. The zero-order chi connectivity index (χ0) is 12.3. The molecule has 0 radical (unpaired) electrons. The Morgan fingerprint density at radius 3 is 2.75 bits per heavy atom. The Hall–Kier alpha value is -0.960. The van der Waals surface area contributed by atoms with Gasteiger partial charge in [-0.3, -0.25) is 0 Å². The fourth-order valence-electron chi connectivity index (χ4n) is 0.897. The van der Waals surface area contributed by atoms with Gasteiger partial charge >= 0.3 is 6.11 Å². The van der Waals surface area contributed by atoms with Crippen LogP contribution in [0, 0.1) is 3.57 Å². The lowest BCUT2D eigenvalue weighted by Gasteiger charge is -2.17. The predicted octanol–water partition coefficient (Wildman–Crippen LogP) is 0.856. The van der Waals surface area contributed by atoms with Gasteiger partial charge in [0.25, 0.3) is 0 Å². The number of carboxylic acid groups (broad SMARTS) is 1. The maximum atomic E-state index is 12.5. The molecule has 0 bridgehead atoms. The minimum atomic E-state index is -4.37. The Labute approximate surface area is 103 Å². The van der Waals surface area contributed by atoms with E-state index in [1.807, 2.05) is 22.6 Å². The minimum Gasteiger partial charge on any atom is -0.542 e. The Morgan fingerprint density at radius 2 is 2.19 bits per heavy atom. The molecule has 88 valence electrons. The number of rotatable bonds is 4. The maximum Gasteiger partial charge on any atom is 0.397 e. The van der Waals surface area contributed by atoms with Gasteiger partial charge in [-0.1, -0.05) is 0 Å². The van der Waals surface area contributed by atoms with Crippen LogP contribution >= 0.6 is 22.6 Å². The van der Waals surface area contributed by atoms with Gasteiger partial charge in [0.2, 0.25) is 0 Å². The lowest BCUT2D eigenvalue weighted by atomic mass is 10.2. The summed E-state index contributed by atoms with van der Waals surface area (Å²) in [5.41, 5.74) is 0.0767. The van der Waals surface area contributed by atoms with Crippen LogP contribution in [-0.4, -0.2) is 17.2 Å². The molecular formula is C9H6F2IO4-. The van der Waals surface area contributed by atoms with Crippen molar-refractivity contribution in [3.05, 3.63) is 27.3 Å². The second-order valence-electron chi connectivity index (χ2n) is 2.87. The van der Waals surface area contributed by atoms with Gasteiger partial charge < -0.3 is 19.7 Å². The highest BCUT2D eigenvalue weighted by molar-refractivity contribution is 14.1. The van der Waals surface area contributed by atoms with Crippen LogP contribution in [0.4, 0.5) is 8.78 Å². The average molecular weight is 343 g/mol. The van der Waals surface area contributed by atoms with Crippen molar-refractivity contribution in [2.75, 3.05) is 0 Å². The highest BCUT2D eigenvalue weighted by Gasteiger charge is 2.32. The van der Waals surface area contributed by atoms with E-state index in [1.54, 1.807) is 6.07 Å². The molecular weight excluding hydrogens is 337 g/mol. The average Bonchev–Trinajstić information content (AvgIpc) is 2.19. The number of alkyl halides is 2. The lowest BCUT2D eigenvalue weighted by Crippen LogP contribution is -2.43. The molecule has 0 spiro atoms. The van der Waals surface area contributed by atoms with Gasteiger partial charge in [0.05, 0.1) is 6.61 Å². The number of halogens is 3. The molecule has 0 aliphatic carbocycles. The van der Waals surface area contributed by atoms with Crippen molar-refractivity contribution in [3.8, 4) is 5.75 Å². The van der Waals surface area contributed by atoms with E-state index in [1.165, 1.54) is 12.1 Å². The highest BCUT2D eigenvalue weighted by Crippen LogP contribution is 2.23. The molecule has 1 aromatic carbocycles. The molecule has 0 unspecified atom stereocenters. The van der Waals surface area contributed by atoms with Crippen LogP contribution < -0.4 is 5.11 Å². The van der Waals surface area contributed by atoms with E-state index >= 15 is 0 Å². The number of aromatic hydroxyl groups is 1. The summed E-state index contributed by atoms with van der Waals surface area (Å²) < 4.78 is 29.5. The van der Waals surface area contributed by atoms with Gasteiger partial charge in [0.15, 0.2) is 0 Å². The van der Waals surface area contributed by atoms with Gasteiger partial charge in [0.1, 0.15) is 11.7 Å². The number of carbonyl (C=O) groups excluding carboxylic acids is 1. The quantitative estimate of drug-likeness (QED) is 0.824. The van der Waals surface area contributed by atoms with E-state index in [0.29, 0.717) is 3.57 Å². The fraction of sp³-hybridized carbons (Fsp3) is 0.222. The number of phenolic OH excluding ortho intramolecular Hbond substituents is 1. The maximum absolute atomic E-state index is 12.5. The van der Waals surface area contributed by atoms with Crippen LogP contribution in [0.15, 0.2) is 18.2 Å². The first-order valence-corrected chi connectivity index (χ1v) is 5.11. The van der Waals surface area contributed by atoms with Gasteiger partial charge in [-0.25, -0.2) is 0 Å². The monoisotopic (exact) mass is 343 g/mol. The summed E-state index contributed by atoms with van der Waals surface area (Å²) in [4.78, 5) is 9.94. The van der Waals surface area contributed by atoms with Crippen molar-refractivity contribution in [1.82, 2.24) is 0 Å². The molecule has 0 saturated heterocycles. The van der Waals surface area contributed by atoms with Crippen LogP contribution in [0.2, 0.25) is 0 Å². The normalized spacial score (nSPS) is 11.4. The number of hydrogen-bond donors (Lipinski definition) is 1. The molecule has 0 amide bonds. The molecule has 1 rings (SSSR count). The smallest absolute Gasteiger partial charge is 0.397 e. The van der Waals surface area contributed by atoms with Gasteiger partial charge in [0, 0.05) is 9.13 Å². The molecule has 4 nitrogen and oxygen atoms in total. The first kappa shape index (κ1) is 13.1. The summed E-state index contributed by atoms with van der Waals surface area (Å²) >= 11 is 1.91. The fourth-order valence-corrected chi connectivity index (χ4v) is 1.45. The van der Waals surface area contributed by atoms with Gasteiger partial charge in [-0.2, -0.15) is 8.78 Å². The van der Waals surface area contributed by atoms with Gasteiger partial charge in [-0.15, -0.1) is 0 Å². The van der Waals surface area contributed by atoms with Crippen molar-refractivity contribution in [1.29, 1.82) is 0 Å². The number of hydrogen-bond acceptors (Lipinski definition) is 4. The van der Waals surface area contributed by atoms with E-state index in [9.17, 15) is 23.8 Å². The second kappa shape index (κ2) is 4.91. The second-order valence-corrected chi connectivity index (χ2v) is 4.11. The van der Waals surface area contributed by atoms with Crippen LogP contribution in [0.5, 0.6) is 5.75 Å². The van der Waals surface area contributed by atoms with Gasteiger partial charge in [-0.05, 0) is 40.8 Å². The topological polar surface area (TPSA) is 69.6 Å². The first-order valence-electron chi connectivity index (χ1n) is 4.03.